The Hall–Kier alpha value is -1.25. The summed E-state index contributed by atoms with van der Waals surface area (Å²) in [4.78, 5) is 0. The fourth-order valence-electron chi connectivity index (χ4n) is 0.938. The van der Waals surface area contributed by atoms with E-state index in [4.69, 9.17) is 0 Å². The lowest BCUT2D eigenvalue weighted by atomic mass is 10.6. The van der Waals surface area contributed by atoms with E-state index in [-0.39, 0.29) is 11.4 Å². The molecule has 0 saturated carbocycles. The van der Waals surface area contributed by atoms with Crippen LogP contribution >= 0.6 is 0 Å². The number of rotatable bonds is 4. The highest BCUT2D eigenvalue weighted by Crippen LogP contribution is 2.18. The maximum Gasteiger partial charge on any atom is 0.408 e. The molecule has 1 aromatic heterocycles. The van der Waals surface area contributed by atoms with Crippen molar-refractivity contribution in [2.75, 3.05) is 10.5 Å². The molecule has 1 aromatic rings. The molecule has 16 heavy (non-hydrogen) atoms. The molecule has 0 aliphatic carbocycles. The van der Waals surface area contributed by atoms with Crippen molar-refractivity contribution in [1.82, 2.24) is 9.78 Å². The summed E-state index contributed by atoms with van der Waals surface area (Å²) in [5.74, 6) is -0.155. The first-order chi connectivity index (χ1) is 7.22. The zero-order chi connectivity index (χ0) is 12.4. The van der Waals surface area contributed by atoms with E-state index in [1.54, 1.807) is 0 Å². The van der Waals surface area contributed by atoms with Crippen LogP contribution in [-0.4, -0.2) is 30.1 Å². The summed E-state index contributed by atoms with van der Waals surface area (Å²) in [6.45, 7) is 0.170. The number of alkyl halides is 3. The lowest BCUT2D eigenvalue weighted by Crippen LogP contribution is -2.18. The van der Waals surface area contributed by atoms with Gasteiger partial charge in [0.2, 0.25) is 10.0 Å². The third kappa shape index (κ3) is 4.09. The Bertz CT molecular complexity index is 452. The number of hydrogen-bond acceptors (Lipinski definition) is 3. The minimum absolute atomic E-state index is 0.0195. The van der Waals surface area contributed by atoms with Gasteiger partial charge in [-0.1, -0.05) is 0 Å². The van der Waals surface area contributed by atoms with Crippen LogP contribution in [0.1, 0.15) is 6.92 Å². The molecule has 0 fully saturated rings. The molecule has 0 atom stereocenters. The van der Waals surface area contributed by atoms with Gasteiger partial charge < -0.3 is 0 Å². The molecule has 1 N–H and O–H groups in total. The van der Waals surface area contributed by atoms with Crippen molar-refractivity contribution in [3.05, 3.63) is 12.4 Å². The van der Waals surface area contributed by atoms with Crippen molar-refractivity contribution >= 4 is 15.7 Å². The van der Waals surface area contributed by atoms with E-state index in [2.05, 4.69) is 9.82 Å². The minimum atomic E-state index is -4.38. The van der Waals surface area contributed by atoms with E-state index >= 15 is 0 Å². The van der Waals surface area contributed by atoms with Gasteiger partial charge in [-0.25, -0.2) is 8.42 Å². The summed E-state index contributed by atoms with van der Waals surface area (Å²) in [6, 6.07) is 0. The molecular weight excluding hydrogens is 247 g/mol. The molecule has 0 unspecified atom stereocenters. The third-order valence-electron chi connectivity index (χ3n) is 1.63. The number of hydrogen-bond donors (Lipinski definition) is 1. The van der Waals surface area contributed by atoms with Gasteiger partial charge in [-0.05, 0) is 6.92 Å². The smallest absolute Gasteiger partial charge is 0.280 e. The van der Waals surface area contributed by atoms with Gasteiger partial charge in [0.05, 0.1) is 17.6 Å². The average Bonchev–Trinajstić information content (AvgIpc) is 2.48. The second-order valence-electron chi connectivity index (χ2n) is 3.05. The number of nitrogens with zero attached hydrogens (tertiary/aromatic N) is 2. The van der Waals surface area contributed by atoms with E-state index in [1.165, 1.54) is 6.92 Å². The quantitative estimate of drug-likeness (QED) is 0.881. The van der Waals surface area contributed by atoms with E-state index < -0.39 is 22.7 Å². The number of aromatic nitrogens is 2. The molecule has 0 aromatic carbocycles. The summed E-state index contributed by atoms with van der Waals surface area (Å²) < 4.78 is 60.8. The number of nitrogens with one attached hydrogen (secondary N) is 1. The van der Waals surface area contributed by atoms with E-state index in [0.717, 1.165) is 12.4 Å². The second-order valence-corrected chi connectivity index (χ2v) is 5.06. The van der Waals surface area contributed by atoms with Gasteiger partial charge in [0, 0.05) is 6.20 Å². The van der Waals surface area contributed by atoms with E-state index in [1.807, 2.05) is 0 Å². The Labute approximate surface area is 90.3 Å². The van der Waals surface area contributed by atoms with Crippen LogP contribution in [0, 0.1) is 0 Å². The molecule has 0 radical (unpaired) electrons. The van der Waals surface area contributed by atoms with Crippen molar-refractivity contribution in [3.63, 3.8) is 0 Å². The first kappa shape index (κ1) is 12.8. The van der Waals surface area contributed by atoms with Crippen molar-refractivity contribution in [2.45, 2.75) is 19.6 Å². The molecule has 0 saturated heterocycles. The van der Waals surface area contributed by atoms with Crippen LogP contribution in [0.25, 0.3) is 0 Å². The van der Waals surface area contributed by atoms with Crippen LogP contribution in [0.15, 0.2) is 12.4 Å². The Balaban J connectivity index is 2.73. The maximum absolute atomic E-state index is 12.0. The van der Waals surface area contributed by atoms with Gasteiger partial charge in [0.25, 0.3) is 0 Å². The number of sulfonamides is 1. The normalized spacial score (nSPS) is 12.8. The highest BCUT2D eigenvalue weighted by atomic mass is 32.2. The molecule has 1 rings (SSSR count). The van der Waals surface area contributed by atoms with Gasteiger partial charge in [-0.15, -0.1) is 0 Å². The molecular formula is C7H10F3N3O2S. The predicted octanol–water partition coefficient (Wildman–Crippen LogP) is 1.21. The Morgan fingerprint density at radius 2 is 2.12 bits per heavy atom. The highest BCUT2D eigenvalue weighted by molar-refractivity contribution is 7.92. The van der Waals surface area contributed by atoms with Crippen LogP contribution < -0.4 is 4.72 Å². The van der Waals surface area contributed by atoms with Crippen LogP contribution in [0.3, 0.4) is 0 Å². The molecule has 0 amide bonds. The fourth-order valence-corrected chi connectivity index (χ4v) is 1.55. The number of halogens is 3. The molecule has 1 heterocycles. The largest absolute Gasteiger partial charge is 0.408 e. The molecule has 0 aliphatic rings. The lowest BCUT2D eigenvalue weighted by molar-refractivity contribution is -0.142. The second kappa shape index (κ2) is 4.32. The standard InChI is InChI=1S/C7H10F3N3O2S/c1-2-16(14,15)12-6-3-11-13(4-6)5-7(8,9)10/h3-4,12H,2,5H2,1H3. The first-order valence-electron chi connectivity index (χ1n) is 4.31. The molecule has 9 heteroatoms. The summed E-state index contributed by atoms with van der Waals surface area (Å²) >= 11 is 0. The van der Waals surface area contributed by atoms with Gasteiger partial charge in [-0.3, -0.25) is 9.40 Å². The van der Waals surface area contributed by atoms with Crippen LogP contribution in [0.5, 0.6) is 0 Å². The van der Waals surface area contributed by atoms with Crippen LogP contribution in [-0.2, 0) is 16.6 Å². The molecule has 5 nitrogen and oxygen atoms in total. The topological polar surface area (TPSA) is 64.0 Å². The lowest BCUT2D eigenvalue weighted by Gasteiger charge is -2.05. The fraction of sp³-hybridized carbons (Fsp3) is 0.571. The summed E-state index contributed by atoms with van der Waals surface area (Å²) in [5, 5.41) is 3.39. The van der Waals surface area contributed by atoms with Crippen LogP contribution in [0.4, 0.5) is 18.9 Å². The Morgan fingerprint density at radius 1 is 1.50 bits per heavy atom. The molecule has 0 aliphatic heterocycles. The van der Waals surface area contributed by atoms with Gasteiger partial charge in [-0.2, -0.15) is 18.3 Å². The Kier molecular flexibility index (Phi) is 3.46. The summed E-state index contributed by atoms with van der Waals surface area (Å²) in [5.41, 5.74) is 0.0195. The van der Waals surface area contributed by atoms with Gasteiger partial charge in [0.15, 0.2) is 0 Å². The van der Waals surface area contributed by atoms with Crippen molar-refractivity contribution < 1.29 is 21.6 Å². The first-order valence-corrected chi connectivity index (χ1v) is 5.97. The van der Waals surface area contributed by atoms with Gasteiger partial charge >= 0.3 is 6.18 Å². The zero-order valence-corrected chi connectivity index (χ0v) is 9.14. The highest BCUT2D eigenvalue weighted by Gasteiger charge is 2.28. The molecule has 92 valence electrons. The maximum atomic E-state index is 12.0. The Morgan fingerprint density at radius 3 is 2.62 bits per heavy atom. The predicted molar refractivity (Wildman–Crippen MR) is 51.4 cm³/mol. The average molecular weight is 257 g/mol. The van der Waals surface area contributed by atoms with Crippen LogP contribution in [0.2, 0.25) is 0 Å². The molecule has 0 spiro atoms. The summed E-state index contributed by atoms with van der Waals surface area (Å²) in [6.07, 6.45) is -2.37. The van der Waals surface area contributed by atoms with E-state index in [9.17, 15) is 21.6 Å². The van der Waals surface area contributed by atoms with Crippen molar-refractivity contribution in [1.29, 1.82) is 0 Å². The van der Waals surface area contributed by atoms with Gasteiger partial charge in [0.1, 0.15) is 6.54 Å². The zero-order valence-electron chi connectivity index (χ0n) is 8.32. The minimum Gasteiger partial charge on any atom is -0.280 e. The SMILES string of the molecule is CCS(=O)(=O)Nc1cnn(CC(F)(F)F)c1. The number of anilines is 1. The monoisotopic (exact) mass is 257 g/mol. The van der Waals surface area contributed by atoms with Crippen molar-refractivity contribution in [3.8, 4) is 0 Å². The van der Waals surface area contributed by atoms with E-state index in [0.29, 0.717) is 4.68 Å². The third-order valence-corrected chi connectivity index (χ3v) is 2.93. The summed E-state index contributed by atoms with van der Waals surface area (Å²) in [7, 11) is -3.49. The molecule has 0 bridgehead atoms. The van der Waals surface area contributed by atoms with Crippen molar-refractivity contribution in [2.24, 2.45) is 0 Å².